The zero-order chi connectivity index (χ0) is 12.1. The Balaban J connectivity index is 1.80. The predicted molar refractivity (Wildman–Crippen MR) is 69.5 cm³/mol. The van der Waals surface area contributed by atoms with Gasteiger partial charge in [0, 0.05) is 24.6 Å². The van der Waals surface area contributed by atoms with Crippen molar-refractivity contribution in [1.82, 2.24) is 4.90 Å². The second-order valence-corrected chi connectivity index (χ2v) is 5.88. The van der Waals surface area contributed by atoms with E-state index in [2.05, 4.69) is 29.5 Å². The van der Waals surface area contributed by atoms with E-state index < -0.39 is 0 Å². The lowest BCUT2D eigenvalue weighted by Gasteiger charge is -2.27. The fourth-order valence-corrected chi connectivity index (χ4v) is 2.95. The summed E-state index contributed by atoms with van der Waals surface area (Å²) in [4.78, 5) is 14.8. The molecule has 0 amide bonds. The van der Waals surface area contributed by atoms with Crippen LogP contribution in [-0.4, -0.2) is 44.5 Å². The summed E-state index contributed by atoms with van der Waals surface area (Å²) in [6.45, 7) is 3.11. The van der Waals surface area contributed by atoms with Gasteiger partial charge in [-0.1, -0.05) is 6.07 Å². The number of hydrogen-bond acceptors (Lipinski definition) is 4. The molecule has 1 aliphatic heterocycles. The maximum atomic E-state index is 11.2. The number of nitrogens with zero attached hydrogens (tertiary/aromatic N) is 1. The standard InChI is InChI=1S/C13H19NO2S/c1-14(6-4-12-3-2-8-17-12)9-13(10-15)5-7-16-11-13/h2-3,8,10H,4-7,9,11H2,1H3. The van der Waals surface area contributed by atoms with E-state index in [1.807, 2.05) is 0 Å². The minimum atomic E-state index is -0.260. The molecular weight excluding hydrogens is 234 g/mol. The van der Waals surface area contributed by atoms with Crippen molar-refractivity contribution >= 4 is 17.6 Å². The Morgan fingerprint density at radius 3 is 3.12 bits per heavy atom. The van der Waals surface area contributed by atoms with E-state index in [0.29, 0.717) is 6.61 Å². The molecule has 1 saturated heterocycles. The van der Waals surface area contributed by atoms with Crippen molar-refractivity contribution < 1.29 is 9.53 Å². The van der Waals surface area contributed by atoms with Gasteiger partial charge < -0.3 is 14.4 Å². The van der Waals surface area contributed by atoms with Gasteiger partial charge in [0.1, 0.15) is 6.29 Å². The van der Waals surface area contributed by atoms with Crippen molar-refractivity contribution in [3.63, 3.8) is 0 Å². The molecule has 0 N–H and O–H groups in total. The maximum absolute atomic E-state index is 11.2. The highest BCUT2D eigenvalue weighted by Gasteiger charge is 2.35. The molecule has 4 heteroatoms. The molecular formula is C13H19NO2S. The van der Waals surface area contributed by atoms with Crippen LogP contribution in [0, 0.1) is 5.41 Å². The molecule has 1 atom stereocenters. The third-order valence-corrected chi connectivity index (χ3v) is 4.22. The van der Waals surface area contributed by atoms with E-state index in [4.69, 9.17) is 4.74 Å². The second kappa shape index (κ2) is 5.76. The molecule has 0 spiro atoms. The number of thiophene rings is 1. The summed E-state index contributed by atoms with van der Waals surface area (Å²) in [6, 6.07) is 4.24. The van der Waals surface area contributed by atoms with Crippen LogP contribution in [0.25, 0.3) is 0 Å². The minimum absolute atomic E-state index is 0.260. The van der Waals surface area contributed by atoms with Crippen molar-refractivity contribution in [2.75, 3.05) is 33.4 Å². The zero-order valence-electron chi connectivity index (χ0n) is 10.2. The van der Waals surface area contributed by atoms with E-state index in [1.54, 1.807) is 11.3 Å². The van der Waals surface area contributed by atoms with Gasteiger partial charge in [-0.05, 0) is 31.3 Å². The summed E-state index contributed by atoms with van der Waals surface area (Å²) in [7, 11) is 2.08. The Hall–Kier alpha value is -0.710. The zero-order valence-corrected chi connectivity index (χ0v) is 11.0. The molecule has 94 valence electrons. The van der Waals surface area contributed by atoms with Crippen molar-refractivity contribution in [1.29, 1.82) is 0 Å². The molecule has 2 rings (SSSR count). The van der Waals surface area contributed by atoms with Crippen LogP contribution < -0.4 is 0 Å². The predicted octanol–water partition coefficient (Wildman–Crippen LogP) is 1.83. The molecule has 3 nitrogen and oxygen atoms in total. The van der Waals surface area contributed by atoms with Crippen LogP contribution in [-0.2, 0) is 16.0 Å². The average Bonchev–Trinajstić information content (AvgIpc) is 2.98. The number of aldehydes is 1. The Labute approximate surface area is 106 Å². The molecule has 1 fully saturated rings. The van der Waals surface area contributed by atoms with Gasteiger partial charge >= 0.3 is 0 Å². The molecule has 0 aliphatic carbocycles. The summed E-state index contributed by atoms with van der Waals surface area (Å²) in [6.07, 6.45) is 3.01. The third-order valence-electron chi connectivity index (χ3n) is 3.29. The van der Waals surface area contributed by atoms with E-state index >= 15 is 0 Å². The van der Waals surface area contributed by atoms with E-state index in [1.165, 1.54) is 4.88 Å². The number of carbonyl (C=O) groups is 1. The lowest BCUT2D eigenvalue weighted by molar-refractivity contribution is -0.117. The molecule has 1 aromatic heterocycles. The summed E-state index contributed by atoms with van der Waals surface area (Å²) in [5.74, 6) is 0. The van der Waals surface area contributed by atoms with Crippen LogP contribution in [0.3, 0.4) is 0 Å². The fraction of sp³-hybridized carbons (Fsp3) is 0.615. The topological polar surface area (TPSA) is 29.5 Å². The normalized spacial score (nSPS) is 24.4. The maximum Gasteiger partial charge on any atom is 0.129 e. The average molecular weight is 253 g/mol. The highest BCUT2D eigenvalue weighted by molar-refractivity contribution is 7.09. The molecule has 0 bridgehead atoms. The van der Waals surface area contributed by atoms with E-state index in [9.17, 15) is 4.79 Å². The number of hydrogen-bond donors (Lipinski definition) is 0. The number of ether oxygens (including phenoxy) is 1. The summed E-state index contributed by atoms with van der Waals surface area (Å²) in [5, 5.41) is 2.10. The Morgan fingerprint density at radius 2 is 2.53 bits per heavy atom. The van der Waals surface area contributed by atoms with Crippen molar-refractivity contribution in [3.05, 3.63) is 22.4 Å². The van der Waals surface area contributed by atoms with Crippen LogP contribution in [0.15, 0.2) is 17.5 Å². The van der Waals surface area contributed by atoms with E-state index in [-0.39, 0.29) is 5.41 Å². The summed E-state index contributed by atoms with van der Waals surface area (Å²) >= 11 is 1.79. The van der Waals surface area contributed by atoms with Crippen molar-refractivity contribution in [2.24, 2.45) is 5.41 Å². The van der Waals surface area contributed by atoms with Gasteiger partial charge in [-0.25, -0.2) is 0 Å². The Bertz CT molecular complexity index is 344. The Morgan fingerprint density at radius 1 is 1.65 bits per heavy atom. The van der Waals surface area contributed by atoms with Gasteiger partial charge in [0.05, 0.1) is 12.0 Å². The first-order valence-corrected chi connectivity index (χ1v) is 6.87. The van der Waals surface area contributed by atoms with Crippen LogP contribution in [0.4, 0.5) is 0 Å². The van der Waals surface area contributed by atoms with Gasteiger partial charge in [-0.3, -0.25) is 0 Å². The monoisotopic (exact) mass is 253 g/mol. The second-order valence-electron chi connectivity index (χ2n) is 4.85. The first kappa shape index (κ1) is 12.7. The lowest BCUT2D eigenvalue weighted by atomic mass is 9.89. The van der Waals surface area contributed by atoms with Gasteiger partial charge in [-0.15, -0.1) is 11.3 Å². The lowest BCUT2D eigenvalue weighted by Crippen LogP contribution is -2.38. The van der Waals surface area contributed by atoms with Gasteiger partial charge in [0.2, 0.25) is 0 Å². The third kappa shape index (κ3) is 3.37. The van der Waals surface area contributed by atoms with Crippen molar-refractivity contribution in [2.45, 2.75) is 12.8 Å². The first-order chi connectivity index (χ1) is 8.24. The number of carbonyl (C=O) groups excluding carboxylic acids is 1. The molecule has 0 saturated carbocycles. The molecule has 1 aromatic rings. The van der Waals surface area contributed by atoms with Crippen LogP contribution in [0.1, 0.15) is 11.3 Å². The van der Waals surface area contributed by atoms with Gasteiger partial charge in [0.15, 0.2) is 0 Å². The minimum Gasteiger partial charge on any atom is -0.380 e. The molecule has 1 aliphatic rings. The van der Waals surface area contributed by atoms with Gasteiger partial charge in [0.25, 0.3) is 0 Å². The smallest absolute Gasteiger partial charge is 0.129 e. The Kier molecular flexibility index (Phi) is 4.31. The molecule has 1 unspecified atom stereocenters. The quantitative estimate of drug-likeness (QED) is 0.724. The van der Waals surface area contributed by atoms with Crippen LogP contribution in [0.2, 0.25) is 0 Å². The first-order valence-electron chi connectivity index (χ1n) is 5.99. The van der Waals surface area contributed by atoms with Crippen molar-refractivity contribution in [3.8, 4) is 0 Å². The molecule has 0 aromatic carbocycles. The highest BCUT2D eigenvalue weighted by Crippen LogP contribution is 2.27. The number of likely N-dealkylation sites (N-methyl/N-ethyl adjacent to an activating group) is 1. The molecule has 2 heterocycles. The summed E-state index contributed by atoms with van der Waals surface area (Å²) in [5.41, 5.74) is -0.260. The van der Waals surface area contributed by atoms with Crippen LogP contribution in [0.5, 0.6) is 0 Å². The number of rotatable bonds is 6. The fourth-order valence-electron chi connectivity index (χ4n) is 2.25. The highest BCUT2D eigenvalue weighted by atomic mass is 32.1. The summed E-state index contributed by atoms with van der Waals surface area (Å²) < 4.78 is 5.35. The van der Waals surface area contributed by atoms with Gasteiger partial charge in [-0.2, -0.15) is 0 Å². The molecule has 0 radical (unpaired) electrons. The van der Waals surface area contributed by atoms with E-state index in [0.717, 1.165) is 38.8 Å². The molecule has 17 heavy (non-hydrogen) atoms. The van der Waals surface area contributed by atoms with Crippen LogP contribution >= 0.6 is 11.3 Å². The SMILES string of the molecule is CN(CCc1cccs1)CC1(C=O)CCOC1. The largest absolute Gasteiger partial charge is 0.380 e.